The van der Waals surface area contributed by atoms with Gasteiger partial charge in [0.15, 0.2) is 0 Å². The van der Waals surface area contributed by atoms with Crippen LogP contribution in [0.25, 0.3) is 0 Å². The number of aliphatic hydroxyl groups excluding tert-OH is 1. The Kier molecular flexibility index (Phi) is 2.92. The van der Waals surface area contributed by atoms with Gasteiger partial charge in [0.05, 0.1) is 12.1 Å². The van der Waals surface area contributed by atoms with E-state index in [9.17, 15) is 9.90 Å². The van der Waals surface area contributed by atoms with Crippen molar-refractivity contribution in [2.75, 3.05) is 13.6 Å². The highest BCUT2D eigenvalue weighted by Crippen LogP contribution is 2.16. The third-order valence-electron chi connectivity index (χ3n) is 2.42. The highest BCUT2D eigenvalue weighted by molar-refractivity contribution is 5.74. The topological polar surface area (TPSA) is 52.6 Å². The maximum atomic E-state index is 11.2. The Morgan fingerprint density at radius 1 is 1.67 bits per heavy atom. The molecule has 1 fully saturated rings. The molecule has 2 atom stereocenters. The first-order valence-electron chi connectivity index (χ1n) is 4.33. The third kappa shape index (κ3) is 1.69. The Balaban J connectivity index is 2.57. The lowest BCUT2D eigenvalue weighted by molar-refractivity contribution is 0.0395. The zero-order valence-electron chi connectivity index (χ0n) is 7.58. The van der Waals surface area contributed by atoms with E-state index in [2.05, 4.69) is 5.32 Å². The Labute approximate surface area is 72.6 Å². The van der Waals surface area contributed by atoms with Crippen LogP contribution in [0.15, 0.2) is 0 Å². The van der Waals surface area contributed by atoms with Crippen LogP contribution in [0.5, 0.6) is 0 Å². The van der Waals surface area contributed by atoms with Gasteiger partial charge in [-0.05, 0) is 19.8 Å². The van der Waals surface area contributed by atoms with Crippen molar-refractivity contribution in [1.29, 1.82) is 0 Å². The minimum atomic E-state index is -0.365. The fraction of sp³-hybridized carbons (Fsp3) is 0.875. The summed E-state index contributed by atoms with van der Waals surface area (Å²) in [6.07, 6.45) is 1.32. The normalized spacial score (nSPS) is 30.1. The SMILES string of the molecule is CNC(=O)N1CCCC(O)C1C. The van der Waals surface area contributed by atoms with Gasteiger partial charge >= 0.3 is 6.03 Å². The van der Waals surface area contributed by atoms with Crippen LogP contribution < -0.4 is 5.32 Å². The fourth-order valence-electron chi connectivity index (χ4n) is 1.55. The number of rotatable bonds is 0. The van der Waals surface area contributed by atoms with E-state index < -0.39 is 0 Å². The largest absolute Gasteiger partial charge is 0.391 e. The smallest absolute Gasteiger partial charge is 0.317 e. The number of likely N-dealkylation sites (tertiary alicyclic amines) is 1. The molecule has 1 aliphatic rings. The molecule has 0 aromatic carbocycles. The van der Waals surface area contributed by atoms with Crippen molar-refractivity contribution in [3.05, 3.63) is 0 Å². The van der Waals surface area contributed by atoms with Gasteiger partial charge in [-0.2, -0.15) is 0 Å². The minimum Gasteiger partial charge on any atom is -0.391 e. The highest BCUT2D eigenvalue weighted by Gasteiger charge is 2.28. The van der Waals surface area contributed by atoms with Gasteiger partial charge in [-0.15, -0.1) is 0 Å². The van der Waals surface area contributed by atoms with Gasteiger partial charge in [0.1, 0.15) is 0 Å². The highest BCUT2D eigenvalue weighted by atomic mass is 16.3. The molecule has 12 heavy (non-hydrogen) atoms. The summed E-state index contributed by atoms with van der Waals surface area (Å²) in [6, 6.07) is -0.153. The van der Waals surface area contributed by atoms with E-state index in [0.717, 1.165) is 19.4 Å². The fourth-order valence-corrected chi connectivity index (χ4v) is 1.55. The number of carbonyl (C=O) groups excluding carboxylic acids is 1. The first-order chi connectivity index (χ1) is 5.66. The Hall–Kier alpha value is -0.770. The van der Waals surface area contributed by atoms with Crippen molar-refractivity contribution >= 4 is 6.03 Å². The standard InChI is InChI=1S/C8H16N2O2/c1-6-7(11)4-3-5-10(6)8(12)9-2/h6-7,11H,3-5H2,1-2H3,(H,9,12). The molecule has 1 rings (SSSR count). The summed E-state index contributed by atoms with van der Waals surface area (Å²) in [4.78, 5) is 12.9. The predicted octanol–water partition coefficient (Wildman–Crippen LogP) is 0.171. The molecule has 4 heteroatoms. The summed E-state index contributed by atoms with van der Waals surface area (Å²) in [5.74, 6) is 0. The number of urea groups is 1. The van der Waals surface area contributed by atoms with E-state index in [0.29, 0.717) is 0 Å². The van der Waals surface area contributed by atoms with Crippen molar-refractivity contribution in [1.82, 2.24) is 10.2 Å². The summed E-state index contributed by atoms with van der Waals surface area (Å²) >= 11 is 0. The van der Waals surface area contributed by atoms with E-state index in [1.54, 1.807) is 11.9 Å². The molecular formula is C8H16N2O2. The number of carbonyl (C=O) groups is 1. The number of piperidine rings is 1. The minimum absolute atomic E-state index is 0.0568. The second kappa shape index (κ2) is 3.76. The lowest BCUT2D eigenvalue weighted by Gasteiger charge is -2.36. The zero-order chi connectivity index (χ0) is 9.14. The van der Waals surface area contributed by atoms with Gasteiger partial charge in [0.25, 0.3) is 0 Å². The molecule has 4 nitrogen and oxygen atoms in total. The van der Waals surface area contributed by atoms with Crippen molar-refractivity contribution in [2.45, 2.75) is 31.9 Å². The Bertz CT molecular complexity index is 172. The van der Waals surface area contributed by atoms with Crippen molar-refractivity contribution < 1.29 is 9.90 Å². The Morgan fingerprint density at radius 2 is 2.33 bits per heavy atom. The van der Waals surface area contributed by atoms with Gasteiger partial charge < -0.3 is 15.3 Å². The quantitative estimate of drug-likeness (QED) is 0.547. The number of hydrogen-bond donors (Lipinski definition) is 2. The molecule has 2 amide bonds. The van der Waals surface area contributed by atoms with E-state index in [1.807, 2.05) is 6.92 Å². The molecule has 0 spiro atoms. The van der Waals surface area contributed by atoms with Crippen molar-refractivity contribution in [3.8, 4) is 0 Å². The molecule has 1 aliphatic heterocycles. The molecule has 0 radical (unpaired) electrons. The van der Waals surface area contributed by atoms with E-state index >= 15 is 0 Å². The second-order valence-corrected chi connectivity index (χ2v) is 3.20. The summed E-state index contributed by atoms with van der Waals surface area (Å²) in [7, 11) is 1.61. The third-order valence-corrected chi connectivity index (χ3v) is 2.42. The molecule has 1 heterocycles. The molecular weight excluding hydrogens is 156 g/mol. The molecule has 2 unspecified atom stereocenters. The van der Waals surface area contributed by atoms with E-state index in [4.69, 9.17) is 0 Å². The zero-order valence-corrected chi connectivity index (χ0v) is 7.58. The maximum absolute atomic E-state index is 11.2. The van der Waals surface area contributed by atoms with Crippen LogP contribution in [0.4, 0.5) is 4.79 Å². The second-order valence-electron chi connectivity index (χ2n) is 3.20. The van der Waals surface area contributed by atoms with Crippen LogP contribution in [-0.4, -0.2) is 41.8 Å². The average Bonchev–Trinajstić information content (AvgIpc) is 2.08. The number of nitrogens with one attached hydrogen (secondary N) is 1. The van der Waals surface area contributed by atoms with E-state index in [1.165, 1.54) is 0 Å². The monoisotopic (exact) mass is 172 g/mol. The molecule has 0 bridgehead atoms. The van der Waals surface area contributed by atoms with Gasteiger partial charge in [-0.1, -0.05) is 0 Å². The summed E-state index contributed by atoms with van der Waals surface area (Å²) < 4.78 is 0. The summed E-state index contributed by atoms with van der Waals surface area (Å²) in [6.45, 7) is 2.62. The van der Waals surface area contributed by atoms with Crippen LogP contribution in [0, 0.1) is 0 Å². The average molecular weight is 172 g/mol. The van der Waals surface area contributed by atoms with Gasteiger partial charge in [-0.3, -0.25) is 0 Å². The first-order valence-corrected chi connectivity index (χ1v) is 4.33. The van der Waals surface area contributed by atoms with Crippen LogP contribution in [-0.2, 0) is 0 Å². The van der Waals surface area contributed by atoms with Gasteiger partial charge in [0, 0.05) is 13.6 Å². The summed E-state index contributed by atoms with van der Waals surface area (Å²) in [5, 5.41) is 12.0. The van der Waals surface area contributed by atoms with Crippen molar-refractivity contribution in [2.24, 2.45) is 0 Å². The molecule has 0 aromatic rings. The molecule has 0 aliphatic carbocycles. The van der Waals surface area contributed by atoms with Crippen LogP contribution in [0.1, 0.15) is 19.8 Å². The summed E-state index contributed by atoms with van der Waals surface area (Å²) in [5.41, 5.74) is 0. The molecule has 0 aromatic heterocycles. The lowest BCUT2D eigenvalue weighted by Crippen LogP contribution is -2.52. The number of hydrogen-bond acceptors (Lipinski definition) is 2. The van der Waals surface area contributed by atoms with Crippen LogP contribution >= 0.6 is 0 Å². The van der Waals surface area contributed by atoms with Gasteiger partial charge in [0.2, 0.25) is 0 Å². The van der Waals surface area contributed by atoms with Crippen LogP contribution in [0.2, 0.25) is 0 Å². The molecule has 0 saturated carbocycles. The molecule has 2 N–H and O–H groups in total. The Morgan fingerprint density at radius 3 is 2.92 bits per heavy atom. The molecule has 70 valence electrons. The first kappa shape index (κ1) is 9.32. The number of aliphatic hydroxyl groups is 1. The lowest BCUT2D eigenvalue weighted by atomic mass is 10.0. The molecule has 1 saturated heterocycles. The van der Waals surface area contributed by atoms with Crippen LogP contribution in [0.3, 0.4) is 0 Å². The number of nitrogens with zero attached hydrogens (tertiary/aromatic N) is 1. The van der Waals surface area contributed by atoms with Crippen molar-refractivity contribution in [3.63, 3.8) is 0 Å². The van der Waals surface area contributed by atoms with E-state index in [-0.39, 0.29) is 18.2 Å². The maximum Gasteiger partial charge on any atom is 0.317 e. The predicted molar refractivity (Wildman–Crippen MR) is 45.9 cm³/mol. The van der Waals surface area contributed by atoms with Gasteiger partial charge in [-0.25, -0.2) is 4.79 Å². The number of amides is 2.